The van der Waals surface area contributed by atoms with Gasteiger partial charge in [-0.3, -0.25) is 0 Å². The van der Waals surface area contributed by atoms with Gasteiger partial charge in [0.05, 0.1) is 26.2 Å². The first-order chi connectivity index (χ1) is 17.3. The molecule has 0 fully saturated rings. The van der Waals surface area contributed by atoms with Crippen LogP contribution in [-0.2, 0) is 16.0 Å². The van der Waals surface area contributed by atoms with Gasteiger partial charge in [0.1, 0.15) is 0 Å². The molecule has 3 aromatic rings. The summed E-state index contributed by atoms with van der Waals surface area (Å²) in [4.78, 5) is 20.3. The zero-order valence-electron chi connectivity index (χ0n) is 20.9. The highest BCUT2D eigenvalue weighted by atomic mass is 16.5. The topological polar surface area (TPSA) is 102 Å². The summed E-state index contributed by atoms with van der Waals surface area (Å²) in [5.74, 6) is -2.26. The van der Waals surface area contributed by atoms with Crippen molar-refractivity contribution in [1.29, 1.82) is 0 Å². The summed E-state index contributed by atoms with van der Waals surface area (Å²) in [5.41, 5.74) is 7.09. The smallest absolute Gasteiger partial charge is 0.160 e. The molecule has 1 aliphatic carbocycles. The van der Waals surface area contributed by atoms with Crippen LogP contribution in [-0.4, -0.2) is 51.2 Å². The minimum atomic E-state index is -2.19. The number of likely N-dealkylation sites (N-methyl/N-ethyl adjacent to an activating group) is 1. The van der Waals surface area contributed by atoms with Crippen LogP contribution in [0, 0.1) is 0 Å². The number of hydrogen-bond donors (Lipinski definition) is 0. The Morgan fingerprint density at radius 1 is 0.806 bits per heavy atom. The predicted octanol–water partition coefficient (Wildman–Crippen LogP) is 2.26. The monoisotopic (exact) mass is 489 g/mol. The average molecular weight is 490 g/mol. The molecule has 0 bridgehead atoms. The molecule has 0 atom stereocenters. The maximum atomic E-state index is 8.93. The van der Waals surface area contributed by atoms with Gasteiger partial charge in [0.15, 0.2) is 11.5 Å². The fraction of sp³-hybridized carbons (Fsp3) is 0.310. The first kappa shape index (κ1) is 26.8. The van der Waals surface area contributed by atoms with Crippen LogP contribution >= 0.6 is 0 Å². The van der Waals surface area contributed by atoms with Crippen molar-refractivity contribution in [3.8, 4) is 22.6 Å². The van der Waals surface area contributed by atoms with E-state index in [4.69, 9.17) is 29.3 Å². The van der Waals surface area contributed by atoms with Crippen molar-refractivity contribution >= 4 is 11.9 Å². The second kappa shape index (κ2) is 12.7. The third-order valence-electron chi connectivity index (χ3n) is 6.39. The molecular formula is C29H31NO6-2. The lowest BCUT2D eigenvalue weighted by Gasteiger charge is -2.19. The number of hydrogen-bond acceptors (Lipinski definition) is 7. The van der Waals surface area contributed by atoms with E-state index < -0.39 is 11.9 Å². The molecule has 0 amide bonds. The van der Waals surface area contributed by atoms with Gasteiger partial charge in [0.25, 0.3) is 0 Å². The quantitative estimate of drug-likeness (QED) is 0.425. The minimum absolute atomic E-state index is 0.525. The van der Waals surface area contributed by atoms with Crippen LogP contribution in [0.25, 0.3) is 11.1 Å². The molecule has 7 nitrogen and oxygen atoms in total. The number of rotatable bonds is 9. The first-order valence-corrected chi connectivity index (χ1v) is 11.9. The highest BCUT2D eigenvalue weighted by Crippen LogP contribution is 2.46. The van der Waals surface area contributed by atoms with Crippen molar-refractivity contribution in [2.75, 3.05) is 34.4 Å². The highest BCUT2D eigenvalue weighted by molar-refractivity contribution is 6.25. The molecule has 4 rings (SSSR count). The van der Waals surface area contributed by atoms with Crippen LogP contribution in [0.3, 0.4) is 0 Å². The van der Waals surface area contributed by atoms with Gasteiger partial charge in [0.2, 0.25) is 0 Å². The Labute approximate surface area is 211 Å². The summed E-state index contributed by atoms with van der Waals surface area (Å²) < 4.78 is 10.8. The SMILES string of the molecule is COc1ccc(CCN(C)CCCC2c3ccccc3-c3ccccc32)cc1OC.O=C([O-])C(=O)[O-]. The van der Waals surface area contributed by atoms with Gasteiger partial charge < -0.3 is 34.2 Å². The Balaban J connectivity index is 0.000000538. The molecule has 36 heavy (non-hydrogen) atoms. The van der Waals surface area contributed by atoms with E-state index in [-0.39, 0.29) is 0 Å². The summed E-state index contributed by atoms with van der Waals surface area (Å²) in [5, 5.41) is 17.9. The number of aliphatic carboxylic acids is 2. The fourth-order valence-electron chi connectivity index (χ4n) is 4.60. The standard InChI is InChI=1S/C27H31NO2.C2H2O4/c1-28(18-16-20-14-15-26(29-2)27(19-20)30-3)17-8-13-25-23-11-6-4-9-21(23)22-10-5-7-12-24(22)25;3-1(4)2(5)6/h4-7,9-12,14-15,19,25H,8,13,16-18H2,1-3H3;(H,3,4)(H,5,6)/p-2. The molecule has 0 unspecified atom stereocenters. The maximum Gasteiger partial charge on any atom is 0.160 e. The van der Waals surface area contributed by atoms with Crippen LogP contribution in [0.1, 0.15) is 35.4 Å². The van der Waals surface area contributed by atoms with E-state index in [0.29, 0.717) is 5.92 Å². The third-order valence-corrected chi connectivity index (χ3v) is 6.39. The molecule has 0 aliphatic heterocycles. The summed E-state index contributed by atoms with van der Waals surface area (Å²) in [6.07, 6.45) is 3.39. The zero-order chi connectivity index (χ0) is 26.1. The van der Waals surface area contributed by atoms with E-state index in [1.165, 1.54) is 40.7 Å². The third kappa shape index (κ3) is 6.64. The molecule has 0 N–H and O–H groups in total. The average Bonchev–Trinajstić information content (AvgIpc) is 3.21. The van der Waals surface area contributed by atoms with Crippen molar-refractivity contribution in [3.63, 3.8) is 0 Å². The number of carbonyl (C=O) groups excluding carboxylic acids is 2. The lowest BCUT2D eigenvalue weighted by Crippen LogP contribution is -2.42. The van der Waals surface area contributed by atoms with Crippen molar-refractivity contribution in [1.82, 2.24) is 4.90 Å². The molecule has 1 aliphatic rings. The Hall–Kier alpha value is -3.84. The van der Waals surface area contributed by atoms with Gasteiger partial charge in [-0.25, -0.2) is 0 Å². The Morgan fingerprint density at radius 3 is 1.89 bits per heavy atom. The molecule has 3 aromatic carbocycles. The van der Waals surface area contributed by atoms with Crippen LogP contribution in [0.2, 0.25) is 0 Å². The predicted molar refractivity (Wildman–Crippen MR) is 134 cm³/mol. The summed E-state index contributed by atoms with van der Waals surface area (Å²) in [7, 11) is 5.58. The largest absolute Gasteiger partial charge is 0.543 e. The Morgan fingerprint density at radius 2 is 1.36 bits per heavy atom. The van der Waals surface area contributed by atoms with E-state index in [9.17, 15) is 0 Å². The van der Waals surface area contributed by atoms with Crippen LogP contribution in [0.4, 0.5) is 0 Å². The van der Waals surface area contributed by atoms with Gasteiger partial charge in [-0.15, -0.1) is 0 Å². The van der Waals surface area contributed by atoms with Gasteiger partial charge in [-0.2, -0.15) is 0 Å². The Bertz CT molecular complexity index is 1130. The number of methoxy groups -OCH3 is 2. The molecule has 0 spiro atoms. The van der Waals surface area contributed by atoms with Gasteiger partial charge in [-0.1, -0.05) is 54.6 Å². The van der Waals surface area contributed by atoms with Crippen molar-refractivity contribution in [2.45, 2.75) is 25.2 Å². The normalized spacial score (nSPS) is 11.8. The molecule has 7 heteroatoms. The fourth-order valence-corrected chi connectivity index (χ4v) is 4.60. The molecule has 0 heterocycles. The van der Waals surface area contributed by atoms with Crippen LogP contribution < -0.4 is 19.7 Å². The highest BCUT2D eigenvalue weighted by Gasteiger charge is 2.27. The summed E-state index contributed by atoms with van der Waals surface area (Å²) in [6.45, 7) is 2.14. The van der Waals surface area contributed by atoms with Gasteiger partial charge >= 0.3 is 0 Å². The second-order valence-electron chi connectivity index (χ2n) is 8.69. The number of carbonyl (C=O) groups is 2. The molecule has 0 aromatic heterocycles. The van der Waals surface area contributed by atoms with Gasteiger partial charge in [-0.05, 0) is 72.8 Å². The number of fused-ring (bicyclic) bond motifs is 3. The summed E-state index contributed by atoms with van der Waals surface area (Å²) >= 11 is 0. The first-order valence-electron chi connectivity index (χ1n) is 11.9. The second-order valence-corrected chi connectivity index (χ2v) is 8.69. The van der Waals surface area contributed by atoms with Crippen molar-refractivity contribution < 1.29 is 29.3 Å². The van der Waals surface area contributed by atoms with Crippen molar-refractivity contribution in [3.05, 3.63) is 83.4 Å². The molecular weight excluding hydrogens is 458 g/mol. The van der Waals surface area contributed by atoms with Crippen LogP contribution in [0.5, 0.6) is 11.5 Å². The number of carboxylic acid groups (broad SMARTS) is 2. The van der Waals surface area contributed by atoms with E-state index >= 15 is 0 Å². The number of nitrogens with zero attached hydrogens (tertiary/aromatic N) is 1. The van der Waals surface area contributed by atoms with E-state index in [2.05, 4.69) is 72.6 Å². The summed E-state index contributed by atoms with van der Waals surface area (Å²) in [6, 6.07) is 24.0. The van der Waals surface area contributed by atoms with Gasteiger partial charge in [0, 0.05) is 12.5 Å². The number of benzene rings is 3. The maximum absolute atomic E-state index is 8.93. The molecule has 0 radical (unpaired) electrons. The lowest BCUT2D eigenvalue weighted by molar-refractivity contribution is -0.345. The molecule has 0 saturated carbocycles. The van der Waals surface area contributed by atoms with Crippen molar-refractivity contribution in [2.24, 2.45) is 0 Å². The zero-order valence-corrected chi connectivity index (χ0v) is 20.9. The molecule has 190 valence electrons. The molecule has 0 saturated heterocycles. The van der Waals surface area contributed by atoms with Crippen LogP contribution in [0.15, 0.2) is 66.7 Å². The minimum Gasteiger partial charge on any atom is -0.543 e. The number of ether oxygens (including phenoxy) is 2. The number of carboxylic acids is 2. The van der Waals surface area contributed by atoms with E-state index in [1.807, 2.05) is 6.07 Å². The Kier molecular flexibility index (Phi) is 9.47. The van der Waals surface area contributed by atoms with E-state index in [0.717, 1.165) is 31.0 Å². The lowest BCUT2D eigenvalue weighted by atomic mass is 9.92. The van der Waals surface area contributed by atoms with E-state index in [1.54, 1.807) is 14.2 Å².